The highest BCUT2D eigenvalue weighted by Crippen LogP contribution is 2.11. The summed E-state index contributed by atoms with van der Waals surface area (Å²) in [5.74, 6) is 0.198. The molecule has 0 aliphatic heterocycles. The smallest absolute Gasteiger partial charge is 0.267 e. The van der Waals surface area contributed by atoms with Crippen molar-refractivity contribution in [1.29, 1.82) is 0 Å². The van der Waals surface area contributed by atoms with Crippen molar-refractivity contribution >= 4 is 22.6 Å². The van der Waals surface area contributed by atoms with Crippen molar-refractivity contribution < 1.29 is 5.11 Å². The summed E-state index contributed by atoms with van der Waals surface area (Å²) in [4.78, 5) is 15.7. The van der Waals surface area contributed by atoms with Gasteiger partial charge >= 0.3 is 0 Å². The number of aromatic nitrogens is 2. The van der Waals surface area contributed by atoms with E-state index in [9.17, 15) is 9.90 Å². The predicted molar refractivity (Wildman–Crippen MR) is 68.4 cm³/mol. The van der Waals surface area contributed by atoms with E-state index in [1.807, 2.05) is 28.7 Å². The fourth-order valence-electron chi connectivity index (χ4n) is 1.39. The molecule has 0 radical (unpaired) electrons. The number of phenolic OH excluding ortho intramolecular Hbond substituents is 1. The molecule has 0 amide bonds. The van der Waals surface area contributed by atoms with Crippen LogP contribution in [0.15, 0.2) is 41.6 Å². The summed E-state index contributed by atoms with van der Waals surface area (Å²) >= 11 is 1.95. The molecule has 4 nitrogen and oxygen atoms in total. The number of hydrogen-bond acceptors (Lipinski definition) is 3. The molecular weight excluding hydrogens is 319 g/mol. The molecule has 0 fully saturated rings. The Morgan fingerprint density at radius 1 is 1.44 bits per heavy atom. The monoisotopic (exact) mass is 328 g/mol. The number of rotatable bonds is 2. The third-order valence-corrected chi connectivity index (χ3v) is 2.86. The molecule has 0 spiro atoms. The van der Waals surface area contributed by atoms with E-state index in [2.05, 4.69) is 4.98 Å². The Balaban J connectivity index is 2.34. The van der Waals surface area contributed by atoms with Crippen LogP contribution >= 0.6 is 22.6 Å². The summed E-state index contributed by atoms with van der Waals surface area (Å²) in [6, 6.07) is 6.83. The van der Waals surface area contributed by atoms with Gasteiger partial charge in [0.15, 0.2) is 0 Å². The van der Waals surface area contributed by atoms with Crippen molar-refractivity contribution in [2.75, 3.05) is 0 Å². The van der Waals surface area contributed by atoms with Crippen molar-refractivity contribution in [3.8, 4) is 5.75 Å². The molecule has 5 heteroatoms. The highest BCUT2D eigenvalue weighted by Gasteiger charge is 2.02. The number of hydrogen-bond donors (Lipinski definition) is 1. The number of benzene rings is 1. The maximum absolute atomic E-state index is 11.7. The van der Waals surface area contributed by atoms with Crippen LogP contribution in [0.5, 0.6) is 5.75 Å². The van der Waals surface area contributed by atoms with Gasteiger partial charge < -0.3 is 5.11 Å². The molecule has 82 valence electrons. The van der Waals surface area contributed by atoms with Crippen LogP contribution in [-0.4, -0.2) is 14.7 Å². The van der Waals surface area contributed by atoms with E-state index in [0.717, 1.165) is 5.56 Å². The van der Waals surface area contributed by atoms with Crippen molar-refractivity contribution in [1.82, 2.24) is 9.55 Å². The summed E-state index contributed by atoms with van der Waals surface area (Å²) in [5, 5.41) is 9.31. The zero-order valence-electron chi connectivity index (χ0n) is 8.30. The molecule has 0 bridgehead atoms. The standard InChI is InChI=1S/C11H9IN2O2/c12-10-5-13-7-14(11(10)16)6-8-2-1-3-9(15)4-8/h1-5,7,15H,6H2. The molecule has 16 heavy (non-hydrogen) atoms. The van der Waals surface area contributed by atoms with Gasteiger partial charge in [0.2, 0.25) is 0 Å². The molecule has 1 N–H and O–H groups in total. The Bertz CT molecular complexity index is 566. The Morgan fingerprint density at radius 3 is 3.00 bits per heavy atom. The van der Waals surface area contributed by atoms with Gasteiger partial charge in [-0.15, -0.1) is 0 Å². The number of phenols is 1. The van der Waals surface area contributed by atoms with E-state index < -0.39 is 0 Å². The Hall–Kier alpha value is -1.37. The molecule has 0 atom stereocenters. The van der Waals surface area contributed by atoms with E-state index in [-0.39, 0.29) is 11.3 Å². The van der Waals surface area contributed by atoms with Crippen LogP contribution in [0.3, 0.4) is 0 Å². The van der Waals surface area contributed by atoms with Crippen molar-refractivity contribution in [2.45, 2.75) is 6.54 Å². The van der Waals surface area contributed by atoms with Crippen LogP contribution in [0.2, 0.25) is 0 Å². The van der Waals surface area contributed by atoms with Gasteiger partial charge in [-0.05, 0) is 40.3 Å². The zero-order valence-corrected chi connectivity index (χ0v) is 10.5. The van der Waals surface area contributed by atoms with Gasteiger partial charge in [-0.1, -0.05) is 12.1 Å². The minimum atomic E-state index is -0.0704. The molecule has 0 saturated carbocycles. The van der Waals surface area contributed by atoms with E-state index >= 15 is 0 Å². The van der Waals surface area contributed by atoms with Crippen LogP contribution < -0.4 is 5.56 Å². The molecule has 1 heterocycles. The third-order valence-electron chi connectivity index (χ3n) is 2.12. The highest BCUT2D eigenvalue weighted by molar-refractivity contribution is 14.1. The number of aromatic hydroxyl groups is 1. The molecule has 2 aromatic rings. The lowest BCUT2D eigenvalue weighted by molar-refractivity contribution is 0.474. The molecule has 0 unspecified atom stereocenters. The number of halogens is 1. The summed E-state index contributed by atoms with van der Waals surface area (Å²) in [6.45, 7) is 0.414. The molecule has 0 aliphatic rings. The fraction of sp³-hybridized carbons (Fsp3) is 0.0909. The molecule has 1 aromatic carbocycles. The van der Waals surface area contributed by atoms with E-state index in [1.165, 1.54) is 17.1 Å². The first-order valence-electron chi connectivity index (χ1n) is 4.64. The molecule has 2 rings (SSSR count). The maximum atomic E-state index is 11.7. The topological polar surface area (TPSA) is 55.1 Å². The Kier molecular flexibility index (Phi) is 3.23. The van der Waals surface area contributed by atoms with Crippen molar-refractivity contribution in [3.63, 3.8) is 0 Å². The highest BCUT2D eigenvalue weighted by atomic mass is 127. The van der Waals surface area contributed by atoms with Gasteiger partial charge in [0.1, 0.15) is 5.75 Å². The van der Waals surface area contributed by atoms with Gasteiger partial charge in [-0.2, -0.15) is 0 Å². The lowest BCUT2D eigenvalue weighted by atomic mass is 10.2. The van der Waals surface area contributed by atoms with Crippen LogP contribution in [0, 0.1) is 3.57 Å². The summed E-state index contributed by atoms with van der Waals surface area (Å²) in [7, 11) is 0. The number of nitrogens with zero attached hydrogens (tertiary/aromatic N) is 2. The van der Waals surface area contributed by atoms with Crippen molar-refractivity contribution in [3.05, 3.63) is 56.3 Å². The second-order valence-electron chi connectivity index (χ2n) is 3.34. The van der Waals surface area contributed by atoms with E-state index in [4.69, 9.17) is 0 Å². The minimum Gasteiger partial charge on any atom is -0.508 e. The average molecular weight is 328 g/mol. The van der Waals surface area contributed by atoms with Crippen LogP contribution in [-0.2, 0) is 6.54 Å². The predicted octanol–water partition coefficient (Wildman–Crippen LogP) is 1.60. The molecule has 1 aromatic heterocycles. The van der Waals surface area contributed by atoms with Gasteiger partial charge in [-0.25, -0.2) is 4.98 Å². The SMILES string of the molecule is O=c1c(I)cncn1Cc1cccc(O)c1. The lowest BCUT2D eigenvalue weighted by Gasteiger charge is -2.05. The minimum absolute atomic E-state index is 0.0704. The lowest BCUT2D eigenvalue weighted by Crippen LogP contribution is -2.22. The second kappa shape index (κ2) is 4.65. The van der Waals surface area contributed by atoms with Gasteiger partial charge in [0.25, 0.3) is 5.56 Å². The van der Waals surface area contributed by atoms with Crippen molar-refractivity contribution in [2.24, 2.45) is 0 Å². The first-order valence-corrected chi connectivity index (χ1v) is 5.72. The normalized spacial score (nSPS) is 10.3. The van der Waals surface area contributed by atoms with Gasteiger partial charge in [-0.3, -0.25) is 9.36 Å². The molecular formula is C11H9IN2O2. The van der Waals surface area contributed by atoms with Crippen LogP contribution in [0.1, 0.15) is 5.56 Å². The summed E-state index contributed by atoms with van der Waals surface area (Å²) in [5.41, 5.74) is 0.796. The average Bonchev–Trinajstić information content (AvgIpc) is 2.25. The first kappa shape index (κ1) is 11.1. The van der Waals surface area contributed by atoms with E-state index in [0.29, 0.717) is 10.1 Å². The zero-order chi connectivity index (χ0) is 11.5. The second-order valence-corrected chi connectivity index (χ2v) is 4.51. The first-order chi connectivity index (χ1) is 7.66. The van der Waals surface area contributed by atoms with Gasteiger partial charge in [0, 0.05) is 6.20 Å². The quantitative estimate of drug-likeness (QED) is 0.852. The van der Waals surface area contributed by atoms with E-state index in [1.54, 1.807) is 18.2 Å². The molecule has 0 aliphatic carbocycles. The Labute approximate surface area is 106 Å². The van der Waals surface area contributed by atoms with Gasteiger partial charge in [0.05, 0.1) is 16.4 Å². The largest absolute Gasteiger partial charge is 0.508 e. The Morgan fingerprint density at radius 2 is 2.25 bits per heavy atom. The fourth-order valence-corrected chi connectivity index (χ4v) is 1.86. The summed E-state index contributed by atoms with van der Waals surface area (Å²) in [6.07, 6.45) is 3.02. The summed E-state index contributed by atoms with van der Waals surface area (Å²) < 4.78 is 2.09. The van der Waals surface area contributed by atoms with Crippen LogP contribution in [0.25, 0.3) is 0 Å². The third kappa shape index (κ3) is 2.41. The maximum Gasteiger partial charge on any atom is 0.267 e. The van der Waals surface area contributed by atoms with Crippen LogP contribution in [0.4, 0.5) is 0 Å². The molecule has 0 saturated heterocycles.